The second kappa shape index (κ2) is 8.19. The highest BCUT2D eigenvalue weighted by atomic mass is 19.4. The summed E-state index contributed by atoms with van der Waals surface area (Å²) in [7, 11) is 1.73. The molecule has 2 aromatic heterocycles. The lowest BCUT2D eigenvalue weighted by Gasteiger charge is -2.28. The van der Waals surface area contributed by atoms with E-state index in [0.29, 0.717) is 36.3 Å². The Morgan fingerprint density at radius 3 is 2.71 bits per heavy atom. The smallest absolute Gasteiger partial charge is 0.366 e. The van der Waals surface area contributed by atoms with E-state index in [1.807, 2.05) is 17.9 Å². The van der Waals surface area contributed by atoms with Crippen LogP contribution in [0.25, 0.3) is 22.8 Å². The minimum absolute atomic E-state index is 0.179. The van der Waals surface area contributed by atoms with E-state index in [-0.39, 0.29) is 16.7 Å². The fourth-order valence-corrected chi connectivity index (χ4v) is 4.36. The van der Waals surface area contributed by atoms with Crippen molar-refractivity contribution in [3.63, 3.8) is 0 Å². The number of nitrogens with zero attached hydrogens (tertiary/aromatic N) is 5. The van der Waals surface area contributed by atoms with Crippen molar-refractivity contribution >= 4 is 35.2 Å². The Kier molecular flexibility index (Phi) is 5.27. The van der Waals surface area contributed by atoms with Crippen molar-refractivity contribution in [1.29, 1.82) is 0 Å². The number of carbonyl (C=O) groups excluding carboxylic acids is 1. The number of alkyl halides is 3. The third kappa shape index (κ3) is 3.78. The molecule has 11 heteroatoms. The number of fused-ring (bicyclic) bond motifs is 3. The Labute approximate surface area is 198 Å². The molecule has 0 saturated heterocycles. The van der Waals surface area contributed by atoms with Crippen LogP contribution in [0.15, 0.2) is 41.7 Å². The first-order valence-electron chi connectivity index (χ1n) is 10.7. The molecule has 4 heterocycles. The number of carbonyl (C=O) groups is 1. The summed E-state index contributed by atoms with van der Waals surface area (Å²) in [4.78, 5) is 31.0. The number of nitrogens with two attached hydrogens (primary N) is 1. The second-order valence-electron chi connectivity index (χ2n) is 8.11. The van der Waals surface area contributed by atoms with Gasteiger partial charge in [-0.3, -0.25) is 14.8 Å². The minimum Gasteiger partial charge on any atom is -0.366 e. The molecule has 0 aliphatic carbocycles. The lowest BCUT2D eigenvalue weighted by Crippen LogP contribution is -2.32. The van der Waals surface area contributed by atoms with Crippen molar-refractivity contribution in [2.24, 2.45) is 10.7 Å². The molecule has 0 atom stereocenters. The number of aliphatic imine (C=N–C) groups is 1. The normalized spacial score (nSPS) is 14.7. The van der Waals surface area contributed by atoms with Gasteiger partial charge in [-0.1, -0.05) is 12.1 Å². The Morgan fingerprint density at radius 1 is 1.20 bits per heavy atom. The van der Waals surface area contributed by atoms with Crippen LogP contribution in [-0.2, 0) is 6.18 Å². The number of pyridine rings is 1. The third-order valence-electron chi connectivity index (χ3n) is 5.96. The van der Waals surface area contributed by atoms with Crippen molar-refractivity contribution in [2.45, 2.75) is 13.1 Å². The van der Waals surface area contributed by atoms with Crippen LogP contribution in [0.3, 0.4) is 0 Å². The number of aromatic nitrogens is 3. The summed E-state index contributed by atoms with van der Waals surface area (Å²) in [6.45, 7) is 3.03. The number of hydrogen-bond acceptors (Lipinski definition) is 7. The summed E-state index contributed by atoms with van der Waals surface area (Å²) >= 11 is 0. The summed E-state index contributed by atoms with van der Waals surface area (Å²) in [5, 5.41) is 2.92. The number of rotatable bonds is 4. The first-order valence-corrected chi connectivity index (χ1v) is 10.7. The molecule has 1 amide bonds. The first kappa shape index (κ1) is 22.5. The van der Waals surface area contributed by atoms with Gasteiger partial charge in [0.05, 0.1) is 12.1 Å². The zero-order chi connectivity index (χ0) is 24.9. The molecule has 8 nitrogen and oxygen atoms in total. The van der Waals surface area contributed by atoms with Crippen molar-refractivity contribution < 1.29 is 18.0 Å². The van der Waals surface area contributed by atoms with E-state index in [2.05, 4.69) is 25.3 Å². The maximum Gasteiger partial charge on any atom is 0.433 e. The van der Waals surface area contributed by atoms with Gasteiger partial charge >= 0.3 is 6.18 Å². The van der Waals surface area contributed by atoms with Gasteiger partial charge in [0.2, 0.25) is 11.9 Å². The van der Waals surface area contributed by atoms with Gasteiger partial charge in [-0.15, -0.1) is 0 Å². The van der Waals surface area contributed by atoms with Crippen molar-refractivity contribution in [1.82, 2.24) is 15.0 Å². The molecule has 0 fully saturated rings. The van der Waals surface area contributed by atoms with E-state index < -0.39 is 17.8 Å². The van der Waals surface area contributed by atoms with Gasteiger partial charge in [0.15, 0.2) is 5.69 Å². The highest BCUT2D eigenvalue weighted by molar-refractivity contribution is 6.36. The maximum atomic E-state index is 13.8. The van der Waals surface area contributed by atoms with Crippen LogP contribution < -0.4 is 16.0 Å². The molecular weight excluding hydrogens is 459 g/mol. The minimum atomic E-state index is -4.77. The Morgan fingerprint density at radius 2 is 2.00 bits per heavy atom. The number of primary amides is 1. The molecule has 0 bridgehead atoms. The van der Waals surface area contributed by atoms with Crippen molar-refractivity contribution in [2.75, 3.05) is 30.4 Å². The highest BCUT2D eigenvalue weighted by Crippen LogP contribution is 2.41. The molecule has 178 valence electrons. The Balaban J connectivity index is 1.72. The summed E-state index contributed by atoms with van der Waals surface area (Å²) in [5.41, 5.74) is 6.83. The van der Waals surface area contributed by atoms with Gasteiger partial charge in [-0.05, 0) is 41.8 Å². The second-order valence-corrected chi connectivity index (χ2v) is 8.11. The number of hydrogen-bond donors (Lipinski definition) is 2. The van der Waals surface area contributed by atoms with Crippen LogP contribution in [0, 0.1) is 6.92 Å². The van der Waals surface area contributed by atoms with Crippen molar-refractivity contribution in [3.8, 4) is 11.1 Å². The van der Waals surface area contributed by atoms with E-state index in [1.54, 1.807) is 25.4 Å². The summed E-state index contributed by atoms with van der Waals surface area (Å²) in [5.74, 6) is 0.890. The van der Waals surface area contributed by atoms with Gasteiger partial charge in [-0.2, -0.15) is 18.2 Å². The van der Waals surface area contributed by atoms with Gasteiger partial charge in [0.1, 0.15) is 11.7 Å². The number of benzene rings is 1. The predicted molar refractivity (Wildman–Crippen MR) is 127 cm³/mol. The molecular formula is C24H20F3N7O. The van der Waals surface area contributed by atoms with Crippen molar-refractivity contribution in [3.05, 3.63) is 64.6 Å². The molecule has 35 heavy (non-hydrogen) atoms. The van der Waals surface area contributed by atoms with Crippen LogP contribution in [0.4, 0.5) is 24.9 Å². The van der Waals surface area contributed by atoms with Gasteiger partial charge in [0, 0.05) is 42.7 Å². The standard InChI is InChI=1S/C24H20F3N7O/c1-12-3-4-13(18-15(20(28)35)5-6-30-19(18)24(25,26)27)9-16(12)17-10-14-11-32-23(29-2)33-21(14)34-8-7-31-22(17)34/h3-6,9-11H,7-8H2,1-2H3,(H2,28,35)(H,29,32,33). The Hall–Kier alpha value is -4.28. The highest BCUT2D eigenvalue weighted by Gasteiger charge is 2.38. The average Bonchev–Trinajstić information content (AvgIpc) is 3.33. The SMILES string of the molecule is CNc1ncc2c(n1)N1CCN=C1C(c1cc(-c3c(C(N)=O)ccnc3C(F)(F)F)ccc1C)=C2. The van der Waals surface area contributed by atoms with E-state index in [9.17, 15) is 18.0 Å². The molecule has 1 aromatic carbocycles. The first-order chi connectivity index (χ1) is 16.7. The van der Waals surface area contributed by atoms with Crippen LogP contribution in [-0.4, -0.2) is 46.8 Å². The average molecular weight is 479 g/mol. The number of nitrogens with one attached hydrogen (secondary N) is 1. The quantitative estimate of drug-likeness (QED) is 0.590. The van der Waals surface area contributed by atoms with Gasteiger partial charge in [-0.25, -0.2) is 4.98 Å². The van der Waals surface area contributed by atoms with Crippen LogP contribution in [0.5, 0.6) is 0 Å². The molecule has 0 unspecified atom stereocenters. The zero-order valence-corrected chi connectivity index (χ0v) is 18.8. The summed E-state index contributed by atoms with van der Waals surface area (Å²) < 4.78 is 41.5. The number of amidine groups is 1. The van der Waals surface area contributed by atoms with Crippen LogP contribution in [0.2, 0.25) is 0 Å². The van der Waals surface area contributed by atoms with E-state index >= 15 is 0 Å². The molecule has 3 N–H and O–H groups in total. The number of amides is 1. The van der Waals surface area contributed by atoms with Crippen LogP contribution in [0.1, 0.15) is 32.7 Å². The number of anilines is 2. The fourth-order valence-electron chi connectivity index (χ4n) is 4.36. The Bertz CT molecular complexity index is 1430. The molecule has 2 aliphatic rings. The lowest BCUT2D eigenvalue weighted by molar-refractivity contribution is -0.140. The van der Waals surface area contributed by atoms with Gasteiger partial charge in [0.25, 0.3) is 0 Å². The van der Waals surface area contributed by atoms with E-state index in [4.69, 9.17) is 5.73 Å². The molecule has 0 spiro atoms. The largest absolute Gasteiger partial charge is 0.433 e. The topological polar surface area (TPSA) is 109 Å². The molecule has 3 aromatic rings. The lowest BCUT2D eigenvalue weighted by atomic mass is 9.90. The predicted octanol–water partition coefficient (Wildman–Crippen LogP) is 3.78. The maximum absolute atomic E-state index is 13.8. The molecule has 0 saturated carbocycles. The monoisotopic (exact) mass is 479 g/mol. The zero-order valence-electron chi connectivity index (χ0n) is 18.8. The summed E-state index contributed by atoms with van der Waals surface area (Å²) in [6, 6.07) is 6.06. The van der Waals surface area contributed by atoms with E-state index in [0.717, 1.165) is 22.9 Å². The number of halogens is 3. The van der Waals surface area contributed by atoms with E-state index in [1.165, 1.54) is 12.1 Å². The van der Waals surface area contributed by atoms with Crippen LogP contribution >= 0.6 is 0 Å². The third-order valence-corrected chi connectivity index (χ3v) is 5.96. The summed E-state index contributed by atoms with van der Waals surface area (Å²) in [6.07, 6.45) is -0.267. The fraction of sp³-hybridized carbons (Fsp3) is 0.208. The molecule has 2 aliphatic heterocycles. The van der Waals surface area contributed by atoms with Gasteiger partial charge < -0.3 is 16.0 Å². The molecule has 5 rings (SSSR count). The number of aryl methyl sites for hydroxylation is 1. The molecule has 0 radical (unpaired) electrons.